The third-order valence-corrected chi connectivity index (χ3v) is 5.11. The number of hydrogen-bond donors (Lipinski definition) is 2. The summed E-state index contributed by atoms with van der Waals surface area (Å²) in [5, 5.41) is 10.2. The number of hydrogen-bond acceptors (Lipinski definition) is 4. The van der Waals surface area contributed by atoms with Gasteiger partial charge < -0.3 is 20.0 Å². The van der Waals surface area contributed by atoms with Crippen LogP contribution < -0.4 is 10.5 Å². The highest BCUT2D eigenvalue weighted by atomic mass is 16.5. The fraction of sp³-hybridized carbons (Fsp3) is 0.160. The second kappa shape index (κ2) is 8.43. The fourth-order valence-electron chi connectivity index (χ4n) is 3.60. The molecule has 0 aliphatic carbocycles. The predicted molar refractivity (Wildman–Crippen MR) is 116 cm³/mol. The summed E-state index contributed by atoms with van der Waals surface area (Å²) in [6.45, 7) is 2.80. The zero-order valence-electron chi connectivity index (χ0n) is 16.7. The molecule has 0 spiro atoms. The summed E-state index contributed by atoms with van der Waals surface area (Å²) in [4.78, 5) is 11.1. The van der Waals surface area contributed by atoms with Crippen molar-refractivity contribution in [2.24, 2.45) is 5.73 Å². The molecule has 0 unspecified atom stereocenters. The van der Waals surface area contributed by atoms with Gasteiger partial charge in [-0.05, 0) is 53.4 Å². The van der Waals surface area contributed by atoms with Crippen molar-refractivity contribution in [1.82, 2.24) is 0 Å². The maximum Gasteiger partial charge on any atom is 0.307 e. The van der Waals surface area contributed by atoms with Gasteiger partial charge in [0, 0.05) is 23.1 Å². The highest BCUT2D eigenvalue weighted by Crippen LogP contribution is 2.34. The van der Waals surface area contributed by atoms with Gasteiger partial charge in [-0.3, -0.25) is 4.79 Å². The summed E-state index contributed by atoms with van der Waals surface area (Å²) in [6.07, 6.45) is 1.68. The summed E-state index contributed by atoms with van der Waals surface area (Å²) in [5.74, 6) is -0.306. The molecule has 5 heteroatoms. The van der Waals surface area contributed by atoms with Crippen LogP contribution in [-0.4, -0.2) is 11.1 Å². The number of para-hydroxylation sites is 1. The fourth-order valence-corrected chi connectivity index (χ4v) is 3.60. The van der Waals surface area contributed by atoms with Crippen LogP contribution in [-0.2, 0) is 24.4 Å². The van der Waals surface area contributed by atoms with E-state index in [0.717, 1.165) is 38.8 Å². The number of aryl methyl sites for hydroxylation is 1. The molecule has 0 fully saturated rings. The monoisotopic (exact) mass is 401 g/mol. The van der Waals surface area contributed by atoms with Crippen molar-refractivity contribution < 1.29 is 19.1 Å². The van der Waals surface area contributed by atoms with Crippen LogP contribution >= 0.6 is 0 Å². The molecule has 30 heavy (non-hydrogen) atoms. The van der Waals surface area contributed by atoms with Gasteiger partial charge in [0.15, 0.2) is 0 Å². The number of fused-ring (bicyclic) bond motifs is 1. The third kappa shape index (κ3) is 4.07. The van der Waals surface area contributed by atoms with Gasteiger partial charge in [0.05, 0.1) is 12.7 Å². The minimum Gasteiger partial charge on any atom is -0.489 e. The van der Waals surface area contributed by atoms with Crippen molar-refractivity contribution in [3.05, 3.63) is 89.2 Å². The molecular weight excluding hydrogens is 378 g/mol. The summed E-state index contributed by atoms with van der Waals surface area (Å²) in [6, 6.07) is 19.4. The number of nitrogens with two attached hydrogens (primary N) is 1. The minimum atomic E-state index is -0.886. The molecular formula is C25H23NO4. The molecule has 3 N–H and O–H groups in total. The van der Waals surface area contributed by atoms with E-state index < -0.39 is 5.97 Å². The van der Waals surface area contributed by atoms with Gasteiger partial charge in [-0.2, -0.15) is 0 Å². The Morgan fingerprint density at radius 3 is 2.70 bits per heavy atom. The lowest BCUT2D eigenvalue weighted by molar-refractivity contribution is -0.136. The van der Waals surface area contributed by atoms with Crippen molar-refractivity contribution in [3.63, 3.8) is 0 Å². The number of carboxylic acid groups (broad SMARTS) is 1. The first-order chi connectivity index (χ1) is 14.5. The quantitative estimate of drug-likeness (QED) is 0.451. The molecule has 0 aliphatic heterocycles. The number of carbonyl (C=O) groups is 1. The number of rotatable bonds is 7. The van der Waals surface area contributed by atoms with Crippen LogP contribution in [0, 0.1) is 6.92 Å². The molecule has 0 atom stereocenters. The molecule has 4 rings (SSSR count). The Bertz CT molecular complexity index is 1210. The first-order valence-corrected chi connectivity index (χ1v) is 9.77. The molecule has 152 valence electrons. The van der Waals surface area contributed by atoms with Crippen LogP contribution in [0.4, 0.5) is 0 Å². The Morgan fingerprint density at radius 2 is 1.90 bits per heavy atom. The largest absolute Gasteiger partial charge is 0.489 e. The molecule has 1 aromatic heterocycles. The molecule has 1 heterocycles. The van der Waals surface area contributed by atoms with E-state index in [0.29, 0.717) is 24.5 Å². The van der Waals surface area contributed by atoms with E-state index in [1.807, 2.05) is 37.3 Å². The molecule has 0 bridgehead atoms. The Morgan fingerprint density at radius 1 is 1.07 bits per heavy atom. The molecule has 0 saturated carbocycles. The maximum atomic E-state index is 11.1. The number of carboxylic acids is 1. The first kappa shape index (κ1) is 19.7. The van der Waals surface area contributed by atoms with Crippen LogP contribution in [0.2, 0.25) is 0 Å². The first-order valence-electron chi connectivity index (χ1n) is 9.77. The highest BCUT2D eigenvalue weighted by Gasteiger charge is 2.14. The molecule has 0 aliphatic rings. The lowest BCUT2D eigenvalue weighted by Gasteiger charge is -2.12. The summed E-state index contributed by atoms with van der Waals surface area (Å²) < 4.78 is 11.9. The van der Waals surface area contributed by atoms with Gasteiger partial charge in [0.2, 0.25) is 0 Å². The van der Waals surface area contributed by atoms with Gasteiger partial charge in [-0.1, -0.05) is 36.4 Å². The third-order valence-electron chi connectivity index (χ3n) is 5.11. The van der Waals surface area contributed by atoms with E-state index in [9.17, 15) is 4.79 Å². The minimum absolute atomic E-state index is 0.0762. The molecule has 4 aromatic rings. The Hall–Kier alpha value is -3.57. The lowest BCUT2D eigenvalue weighted by atomic mass is 9.98. The van der Waals surface area contributed by atoms with Gasteiger partial charge in [0.25, 0.3) is 0 Å². The summed E-state index contributed by atoms with van der Waals surface area (Å²) in [7, 11) is 0. The zero-order valence-corrected chi connectivity index (χ0v) is 16.7. The van der Waals surface area contributed by atoms with Crippen molar-refractivity contribution in [3.8, 4) is 16.9 Å². The van der Waals surface area contributed by atoms with Crippen LogP contribution in [0.15, 0.2) is 71.3 Å². The van der Waals surface area contributed by atoms with E-state index in [1.54, 1.807) is 18.4 Å². The summed E-state index contributed by atoms with van der Waals surface area (Å²) in [5.41, 5.74) is 12.4. The Kier molecular flexibility index (Phi) is 5.55. The number of benzene rings is 3. The van der Waals surface area contributed by atoms with Crippen molar-refractivity contribution >= 4 is 16.9 Å². The van der Waals surface area contributed by atoms with Crippen molar-refractivity contribution in [1.29, 1.82) is 0 Å². The molecule has 0 amide bonds. The SMILES string of the molecule is Cc1coc2c(-c3cccc(CN)c3)cc(COc3ccccc3CC(=O)O)cc12. The standard InChI is InChI=1S/C25H23NO4/c1-16-14-30-25-21(16)10-18(11-22(25)19-7-4-5-17(9-19)13-26)15-29-23-8-3-2-6-20(23)12-24(27)28/h2-11,14H,12-13,15,26H2,1H3,(H,27,28). The number of furan rings is 1. The second-order valence-electron chi connectivity index (χ2n) is 7.31. The average molecular weight is 401 g/mol. The molecule has 3 aromatic carbocycles. The van der Waals surface area contributed by atoms with Crippen LogP contribution in [0.1, 0.15) is 22.3 Å². The maximum absolute atomic E-state index is 11.1. The molecule has 5 nitrogen and oxygen atoms in total. The Labute approximate surface area is 174 Å². The van der Waals surface area contributed by atoms with Gasteiger partial charge in [0.1, 0.15) is 17.9 Å². The van der Waals surface area contributed by atoms with Gasteiger partial charge in [-0.25, -0.2) is 0 Å². The number of ether oxygens (including phenoxy) is 1. The van der Waals surface area contributed by atoms with E-state index >= 15 is 0 Å². The van der Waals surface area contributed by atoms with Gasteiger partial charge in [-0.15, -0.1) is 0 Å². The van der Waals surface area contributed by atoms with Crippen LogP contribution in [0.3, 0.4) is 0 Å². The molecule has 0 radical (unpaired) electrons. The Balaban J connectivity index is 1.71. The van der Waals surface area contributed by atoms with Crippen molar-refractivity contribution in [2.45, 2.75) is 26.5 Å². The van der Waals surface area contributed by atoms with E-state index in [1.165, 1.54) is 0 Å². The average Bonchev–Trinajstić information content (AvgIpc) is 3.13. The predicted octanol–water partition coefficient (Wildman–Crippen LogP) is 5.07. The van der Waals surface area contributed by atoms with E-state index in [4.69, 9.17) is 20.0 Å². The van der Waals surface area contributed by atoms with Crippen LogP contribution in [0.5, 0.6) is 5.75 Å². The zero-order chi connectivity index (χ0) is 21.1. The second-order valence-corrected chi connectivity index (χ2v) is 7.31. The summed E-state index contributed by atoms with van der Waals surface area (Å²) >= 11 is 0. The molecule has 0 saturated heterocycles. The van der Waals surface area contributed by atoms with Gasteiger partial charge >= 0.3 is 5.97 Å². The van der Waals surface area contributed by atoms with E-state index in [-0.39, 0.29) is 6.42 Å². The topological polar surface area (TPSA) is 85.7 Å². The lowest BCUT2D eigenvalue weighted by Crippen LogP contribution is -2.04. The number of aliphatic carboxylic acids is 1. The van der Waals surface area contributed by atoms with Crippen LogP contribution in [0.25, 0.3) is 22.1 Å². The normalized spacial score (nSPS) is 11.0. The smallest absolute Gasteiger partial charge is 0.307 e. The highest BCUT2D eigenvalue weighted by molar-refractivity contribution is 5.95. The van der Waals surface area contributed by atoms with Crippen molar-refractivity contribution in [2.75, 3.05) is 0 Å². The van der Waals surface area contributed by atoms with E-state index in [2.05, 4.69) is 18.2 Å².